The molecule has 6 heteroatoms. The van der Waals surface area contributed by atoms with Gasteiger partial charge in [0.05, 0.1) is 23.2 Å². The van der Waals surface area contributed by atoms with E-state index in [0.717, 1.165) is 5.56 Å². The van der Waals surface area contributed by atoms with Crippen LogP contribution in [0.2, 0.25) is 0 Å². The number of carbonyl (C=O) groups is 2. The molecule has 0 spiro atoms. The summed E-state index contributed by atoms with van der Waals surface area (Å²) in [5.41, 5.74) is 1.01. The van der Waals surface area contributed by atoms with Crippen LogP contribution < -0.4 is 0 Å². The molecule has 0 aliphatic carbocycles. The molecule has 5 nitrogen and oxygen atoms in total. The number of nitriles is 1. The molecule has 1 heterocycles. The summed E-state index contributed by atoms with van der Waals surface area (Å²) in [6, 6.07) is 11.2. The zero-order valence-corrected chi connectivity index (χ0v) is 13.0. The van der Waals surface area contributed by atoms with E-state index in [9.17, 15) is 14.9 Å². The molecular formula is C16H14N2O3S. The quantitative estimate of drug-likeness (QED) is 0.625. The number of rotatable bonds is 5. The van der Waals surface area contributed by atoms with Crippen molar-refractivity contribution in [3.63, 3.8) is 0 Å². The van der Waals surface area contributed by atoms with Crippen molar-refractivity contribution < 1.29 is 14.3 Å². The minimum absolute atomic E-state index is 0.169. The first-order valence-corrected chi connectivity index (χ1v) is 7.53. The van der Waals surface area contributed by atoms with Gasteiger partial charge in [0.25, 0.3) is 0 Å². The largest absolute Gasteiger partial charge is 0.465 e. The van der Waals surface area contributed by atoms with Crippen molar-refractivity contribution in [3.05, 3.63) is 40.9 Å². The topological polar surface area (TPSA) is 80.1 Å². The van der Waals surface area contributed by atoms with Gasteiger partial charge in [-0.3, -0.25) is 9.59 Å². The van der Waals surface area contributed by atoms with E-state index in [2.05, 4.69) is 4.98 Å². The number of benzene rings is 1. The summed E-state index contributed by atoms with van der Waals surface area (Å²) >= 11 is 1.18. The van der Waals surface area contributed by atoms with Crippen LogP contribution in [0.4, 0.5) is 0 Å². The minimum atomic E-state index is -1.19. The number of hydrogen-bond donors (Lipinski definition) is 0. The van der Waals surface area contributed by atoms with Crippen LogP contribution in [0.1, 0.15) is 35.1 Å². The summed E-state index contributed by atoms with van der Waals surface area (Å²) in [6.07, 6.45) is 0. The Balaban J connectivity index is 2.51. The predicted molar refractivity (Wildman–Crippen MR) is 82.5 cm³/mol. The molecule has 0 aliphatic rings. The fraction of sp³-hybridized carbons (Fsp3) is 0.250. The monoisotopic (exact) mass is 314 g/mol. The lowest BCUT2D eigenvalue weighted by Gasteiger charge is -2.06. The van der Waals surface area contributed by atoms with E-state index in [-0.39, 0.29) is 18.1 Å². The lowest BCUT2D eigenvalue weighted by atomic mass is 10.1. The van der Waals surface area contributed by atoms with E-state index in [4.69, 9.17) is 4.74 Å². The first kappa shape index (κ1) is 15.9. The summed E-state index contributed by atoms with van der Waals surface area (Å²) in [5.74, 6) is -2.09. The molecule has 2 rings (SSSR count). The molecule has 1 unspecified atom stereocenters. The fourth-order valence-corrected chi connectivity index (χ4v) is 2.94. The molecule has 0 aliphatic heterocycles. The van der Waals surface area contributed by atoms with Crippen LogP contribution in [0.25, 0.3) is 10.6 Å². The van der Waals surface area contributed by atoms with E-state index in [0.29, 0.717) is 9.88 Å². The molecule has 0 saturated carbocycles. The van der Waals surface area contributed by atoms with Gasteiger partial charge in [-0.05, 0) is 6.92 Å². The Morgan fingerprint density at radius 3 is 2.59 bits per heavy atom. The van der Waals surface area contributed by atoms with Crippen molar-refractivity contribution in [2.75, 3.05) is 6.61 Å². The highest BCUT2D eigenvalue weighted by molar-refractivity contribution is 7.17. The summed E-state index contributed by atoms with van der Waals surface area (Å²) < 4.78 is 4.89. The molecular weight excluding hydrogens is 300 g/mol. The Labute approximate surface area is 132 Å². The van der Waals surface area contributed by atoms with Gasteiger partial charge in [0.2, 0.25) is 0 Å². The van der Waals surface area contributed by atoms with Crippen LogP contribution >= 0.6 is 11.3 Å². The van der Waals surface area contributed by atoms with Crippen molar-refractivity contribution in [2.45, 2.75) is 19.8 Å². The maximum absolute atomic E-state index is 11.9. The third kappa shape index (κ3) is 3.21. The number of aromatic nitrogens is 1. The second-order valence-electron chi connectivity index (χ2n) is 4.47. The number of ketones is 1. The molecule has 22 heavy (non-hydrogen) atoms. The standard InChI is InChI=1S/C16H14N2O3S/c1-3-21-16(20)12(9-17)13-14(10(2)19)22-15(18-13)11-7-5-4-6-8-11/h4-8,12H,3H2,1-2H3. The van der Waals surface area contributed by atoms with Crippen molar-refractivity contribution >= 4 is 23.1 Å². The predicted octanol–water partition coefficient (Wildman–Crippen LogP) is 3.18. The van der Waals surface area contributed by atoms with Crippen molar-refractivity contribution in [2.24, 2.45) is 0 Å². The summed E-state index contributed by atoms with van der Waals surface area (Å²) in [5, 5.41) is 9.87. The van der Waals surface area contributed by atoms with Crippen molar-refractivity contribution in [3.8, 4) is 16.6 Å². The van der Waals surface area contributed by atoms with Gasteiger partial charge < -0.3 is 4.74 Å². The van der Waals surface area contributed by atoms with E-state index >= 15 is 0 Å². The van der Waals surface area contributed by atoms with E-state index in [1.807, 2.05) is 36.4 Å². The molecule has 0 saturated heterocycles. The number of carbonyl (C=O) groups excluding carboxylic acids is 2. The lowest BCUT2D eigenvalue weighted by Crippen LogP contribution is -2.16. The Bertz CT molecular complexity index is 732. The number of hydrogen-bond acceptors (Lipinski definition) is 6. The van der Waals surface area contributed by atoms with Crippen LogP contribution in [0.5, 0.6) is 0 Å². The van der Waals surface area contributed by atoms with Gasteiger partial charge in [0.1, 0.15) is 5.01 Å². The normalized spacial score (nSPS) is 11.5. The summed E-state index contributed by atoms with van der Waals surface area (Å²) in [4.78, 5) is 28.4. The van der Waals surface area contributed by atoms with E-state index in [1.165, 1.54) is 18.3 Å². The summed E-state index contributed by atoms with van der Waals surface area (Å²) in [7, 11) is 0. The Morgan fingerprint density at radius 1 is 1.36 bits per heavy atom. The first-order chi connectivity index (χ1) is 10.6. The summed E-state index contributed by atoms with van der Waals surface area (Å²) in [6.45, 7) is 3.22. The smallest absolute Gasteiger partial charge is 0.329 e. The van der Waals surface area contributed by atoms with Crippen molar-refractivity contribution in [1.29, 1.82) is 5.26 Å². The van der Waals surface area contributed by atoms with Gasteiger partial charge in [-0.1, -0.05) is 30.3 Å². The molecule has 0 fully saturated rings. The second-order valence-corrected chi connectivity index (χ2v) is 5.47. The van der Waals surface area contributed by atoms with Crippen LogP contribution in [-0.2, 0) is 9.53 Å². The van der Waals surface area contributed by atoms with Gasteiger partial charge in [0, 0.05) is 12.5 Å². The van der Waals surface area contributed by atoms with E-state index < -0.39 is 11.9 Å². The number of ether oxygens (including phenoxy) is 1. The Morgan fingerprint density at radius 2 is 2.05 bits per heavy atom. The maximum atomic E-state index is 11.9. The average Bonchev–Trinajstić information content (AvgIpc) is 2.94. The second kappa shape index (κ2) is 6.96. The Kier molecular flexibility index (Phi) is 5.02. The van der Waals surface area contributed by atoms with Crippen LogP contribution in [0, 0.1) is 11.3 Å². The molecule has 1 atom stereocenters. The molecule has 112 valence electrons. The van der Waals surface area contributed by atoms with Gasteiger partial charge in [0.15, 0.2) is 11.7 Å². The Hall–Kier alpha value is -2.52. The molecule has 1 aromatic carbocycles. The maximum Gasteiger partial charge on any atom is 0.329 e. The molecule has 2 aromatic rings. The van der Waals surface area contributed by atoms with Crippen LogP contribution in [0.3, 0.4) is 0 Å². The average molecular weight is 314 g/mol. The fourth-order valence-electron chi connectivity index (χ4n) is 1.94. The number of thiazole rings is 1. The zero-order chi connectivity index (χ0) is 16.1. The number of Topliss-reactive ketones (excluding diaryl/α,β-unsaturated/α-hetero) is 1. The van der Waals surface area contributed by atoms with Gasteiger partial charge >= 0.3 is 5.97 Å². The highest BCUT2D eigenvalue weighted by Gasteiger charge is 2.30. The molecule has 0 amide bonds. The van der Waals surface area contributed by atoms with Crippen LogP contribution in [0.15, 0.2) is 30.3 Å². The number of esters is 1. The zero-order valence-electron chi connectivity index (χ0n) is 12.2. The van der Waals surface area contributed by atoms with Gasteiger partial charge in [-0.15, -0.1) is 11.3 Å². The highest BCUT2D eigenvalue weighted by Crippen LogP contribution is 2.32. The van der Waals surface area contributed by atoms with Gasteiger partial charge in [-0.2, -0.15) is 5.26 Å². The number of nitrogens with zero attached hydrogens (tertiary/aromatic N) is 2. The highest BCUT2D eigenvalue weighted by atomic mass is 32.1. The molecule has 0 radical (unpaired) electrons. The van der Waals surface area contributed by atoms with E-state index in [1.54, 1.807) is 6.92 Å². The van der Waals surface area contributed by atoms with Crippen molar-refractivity contribution in [1.82, 2.24) is 4.98 Å². The van der Waals surface area contributed by atoms with Crippen LogP contribution in [-0.4, -0.2) is 23.3 Å². The molecule has 0 bridgehead atoms. The lowest BCUT2D eigenvalue weighted by molar-refractivity contribution is -0.143. The minimum Gasteiger partial charge on any atom is -0.465 e. The third-order valence-corrected chi connectivity index (χ3v) is 4.14. The molecule has 0 N–H and O–H groups in total. The third-order valence-electron chi connectivity index (χ3n) is 2.92. The SMILES string of the molecule is CCOC(=O)C(C#N)c1nc(-c2ccccc2)sc1C(C)=O. The molecule has 1 aromatic heterocycles. The first-order valence-electron chi connectivity index (χ1n) is 6.71. The van der Waals surface area contributed by atoms with Gasteiger partial charge in [-0.25, -0.2) is 4.98 Å².